The summed E-state index contributed by atoms with van der Waals surface area (Å²) in [5.41, 5.74) is 0. The molecule has 48 heavy (non-hydrogen) atoms. The van der Waals surface area contributed by atoms with Gasteiger partial charge in [-0.05, 0) is 18.6 Å². The third-order valence-electron chi connectivity index (χ3n) is 7.45. The number of hydrogen-bond acceptors (Lipinski definition) is 10. The van der Waals surface area contributed by atoms with E-state index >= 15 is 0 Å². The maximum Gasteiger partial charge on any atom is 0.305 e. The number of carbonyl (C=O) groups excluding carboxylic acids is 1. The summed E-state index contributed by atoms with van der Waals surface area (Å²) in [5.74, 6) is 0.716. The molecule has 10 nitrogen and oxygen atoms in total. The number of benzene rings is 1. The molecule has 0 bridgehead atoms. The second kappa shape index (κ2) is 38.0. The summed E-state index contributed by atoms with van der Waals surface area (Å²) in [5, 5.41) is 0. The van der Waals surface area contributed by atoms with Gasteiger partial charge in [0, 0.05) is 6.42 Å². The summed E-state index contributed by atoms with van der Waals surface area (Å²) in [4.78, 5) is 11.9. The van der Waals surface area contributed by atoms with E-state index in [4.69, 9.17) is 42.6 Å². The summed E-state index contributed by atoms with van der Waals surface area (Å²) in [6.45, 7) is 10.0. The molecule has 0 aliphatic carbocycles. The van der Waals surface area contributed by atoms with Crippen molar-refractivity contribution in [1.29, 1.82) is 0 Å². The topological polar surface area (TPSA) is 100 Å². The van der Waals surface area contributed by atoms with Crippen molar-refractivity contribution in [3.8, 4) is 5.75 Å². The van der Waals surface area contributed by atoms with Gasteiger partial charge >= 0.3 is 5.97 Å². The molecule has 10 heteroatoms. The Kier molecular flexibility index (Phi) is 35.0. The van der Waals surface area contributed by atoms with E-state index < -0.39 is 0 Å². The zero-order valence-corrected chi connectivity index (χ0v) is 30.2. The minimum atomic E-state index is -0.129. The van der Waals surface area contributed by atoms with Crippen molar-refractivity contribution in [2.45, 2.75) is 96.8 Å². The fraction of sp³-hybridized carbons (Fsp3) is 0.816. The van der Waals surface area contributed by atoms with E-state index in [0.717, 1.165) is 18.6 Å². The van der Waals surface area contributed by atoms with Crippen molar-refractivity contribution in [2.75, 3.05) is 106 Å². The quantitative estimate of drug-likeness (QED) is 0.0523. The van der Waals surface area contributed by atoms with Crippen LogP contribution in [0, 0.1) is 0 Å². The van der Waals surface area contributed by atoms with Gasteiger partial charge in [-0.3, -0.25) is 4.79 Å². The minimum Gasteiger partial charge on any atom is -0.491 e. The van der Waals surface area contributed by atoms with Crippen LogP contribution in [-0.2, 0) is 42.7 Å². The van der Waals surface area contributed by atoms with Crippen LogP contribution in [0.3, 0.4) is 0 Å². The van der Waals surface area contributed by atoms with Gasteiger partial charge in [0.25, 0.3) is 0 Å². The summed E-state index contributed by atoms with van der Waals surface area (Å²) < 4.78 is 49.2. The molecule has 1 aromatic rings. The second-order valence-electron chi connectivity index (χ2n) is 11.7. The molecule has 0 N–H and O–H groups in total. The minimum absolute atomic E-state index is 0.129. The largest absolute Gasteiger partial charge is 0.491 e. The normalized spacial score (nSPS) is 11.3. The molecule has 0 saturated heterocycles. The van der Waals surface area contributed by atoms with Gasteiger partial charge in [-0.2, -0.15) is 0 Å². The van der Waals surface area contributed by atoms with Crippen LogP contribution in [0.1, 0.15) is 96.8 Å². The number of esters is 1. The molecule has 0 heterocycles. The Bertz CT molecular complexity index is 767. The Morgan fingerprint density at radius 1 is 0.417 bits per heavy atom. The Labute approximate surface area is 291 Å². The van der Waals surface area contributed by atoms with Gasteiger partial charge in [-0.15, -0.1) is 0 Å². The molecule has 0 aliphatic heterocycles. The molecule has 0 unspecified atom stereocenters. The molecule has 0 radical (unpaired) electrons. The first kappa shape index (κ1) is 44.2. The summed E-state index contributed by atoms with van der Waals surface area (Å²) in [6.07, 6.45) is 17.4. The molecule has 0 atom stereocenters. The van der Waals surface area contributed by atoms with Crippen LogP contribution in [0.15, 0.2) is 30.3 Å². The molecule has 0 aliphatic rings. The predicted molar refractivity (Wildman–Crippen MR) is 189 cm³/mol. The molecule has 1 aromatic carbocycles. The van der Waals surface area contributed by atoms with E-state index in [1.165, 1.54) is 70.6 Å². The predicted octanol–water partition coefficient (Wildman–Crippen LogP) is 7.21. The van der Waals surface area contributed by atoms with Gasteiger partial charge in [0.2, 0.25) is 0 Å². The molecule has 1 rings (SSSR count). The number of rotatable bonds is 39. The van der Waals surface area contributed by atoms with Gasteiger partial charge in [-0.25, -0.2) is 0 Å². The average molecular weight is 685 g/mol. The Balaban J connectivity index is 1.65. The lowest BCUT2D eigenvalue weighted by Crippen LogP contribution is -2.15. The van der Waals surface area contributed by atoms with Gasteiger partial charge in [0.1, 0.15) is 19.0 Å². The molecular formula is C38H68O10. The first-order valence-corrected chi connectivity index (χ1v) is 18.7. The molecule has 0 aromatic heterocycles. The lowest BCUT2D eigenvalue weighted by molar-refractivity contribution is -0.145. The fourth-order valence-electron chi connectivity index (χ4n) is 4.73. The second-order valence-corrected chi connectivity index (χ2v) is 11.7. The molecule has 0 spiro atoms. The van der Waals surface area contributed by atoms with E-state index in [-0.39, 0.29) is 5.97 Å². The SMILES string of the molecule is CCCCCCCCCCCCCCCC(=O)OCCOCCOCCOCCOCCOCCOCCOCCOc1ccccc1. The van der Waals surface area contributed by atoms with Crippen molar-refractivity contribution in [1.82, 2.24) is 0 Å². The van der Waals surface area contributed by atoms with Crippen molar-refractivity contribution in [3.05, 3.63) is 30.3 Å². The van der Waals surface area contributed by atoms with Crippen molar-refractivity contribution >= 4 is 5.97 Å². The van der Waals surface area contributed by atoms with Crippen LogP contribution in [0.25, 0.3) is 0 Å². The highest BCUT2D eigenvalue weighted by atomic mass is 16.6. The number of ether oxygens (including phenoxy) is 9. The Morgan fingerprint density at radius 3 is 1.15 bits per heavy atom. The van der Waals surface area contributed by atoms with Gasteiger partial charge in [0.05, 0.1) is 92.5 Å². The standard InChI is InChI=1S/C38H68O10/c1-2-3-4-5-6-7-8-9-10-11-12-13-17-20-38(39)48-36-34-46-32-30-44-28-26-42-24-22-40-21-23-41-25-27-43-29-31-45-33-35-47-37-18-15-14-16-19-37/h14-16,18-19H,2-13,17,20-36H2,1H3. The van der Waals surface area contributed by atoms with Crippen LogP contribution in [-0.4, -0.2) is 112 Å². The van der Waals surface area contributed by atoms with Crippen molar-refractivity contribution in [2.24, 2.45) is 0 Å². The average Bonchev–Trinajstić information content (AvgIpc) is 3.10. The summed E-state index contributed by atoms with van der Waals surface area (Å²) in [6, 6.07) is 9.68. The van der Waals surface area contributed by atoms with Gasteiger partial charge < -0.3 is 42.6 Å². The lowest BCUT2D eigenvalue weighted by Gasteiger charge is -2.09. The first-order chi connectivity index (χ1) is 23.8. The summed E-state index contributed by atoms with van der Waals surface area (Å²) >= 11 is 0. The van der Waals surface area contributed by atoms with E-state index in [9.17, 15) is 4.79 Å². The van der Waals surface area contributed by atoms with Crippen LogP contribution in [0.2, 0.25) is 0 Å². The number of hydrogen-bond donors (Lipinski definition) is 0. The van der Waals surface area contributed by atoms with Gasteiger partial charge in [0.15, 0.2) is 0 Å². The molecule has 0 saturated carbocycles. The monoisotopic (exact) mass is 684 g/mol. The molecular weight excluding hydrogens is 616 g/mol. The van der Waals surface area contributed by atoms with Crippen molar-refractivity contribution < 1.29 is 47.4 Å². The van der Waals surface area contributed by atoms with Crippen LogP contribution in [0.4, 0.5) is 0 Å². The van der Waals surface area contributed by atoms with Crippen LogP contribution < -0.4 is 4.74 Å². The third-order valence-corrected chi connectivity index (χ3v) is 7.45. The van der Waals surface area contributed by atoms with E-state index in [1.807, 2.05) is 30.3 Å². The highest BCUT2D eigenvalue weighted by molar-refractivity contribution is 5.69. The maximum atomic E-state index is 11.9. The maximum absolute atomic E-state index is 11.9. The molecule has 0 fully saturated rings. The molecule has 280 valence electrons. The lowest BCUT2D eigenvalue weighted by atomic mass is 10.0. The van der Waals surface area contributed by atoms with E-state index in [2.05, 4.69) is 6.92 Å². The highest BCUT2D eigenvalue weighted by Gasteiger charge is 2.03. The Morgan fingerprint density at radius 2 is 0.750 bits per heavy atom. The smallest absolute Gasteiger partial charge is 0.305 e. The zero-order chi connectivity index (χ0) is 34.3. The third kappa shape index (κ3) is 34.1. The zero-order valence-electron chi connectivity index (χ0n) is 30.2. The van der Waals surface area contributed by atoms with Crippen LogP contribution >= 0.6 is 0 Å². The Hall–Kier alpha value is -1.79. The van der Waals surface area contributed by atoms with Crippen molar-refractivity contribution in [3.63, 3.8) is 0 Å². The fourth-order valence-corrected chi connectivity index (χ4v) is 4.73. The van der Waals surface area contributed by atoms with E-state index in [0.29, 0.717) is 112 Å². The number of para-hydroxylation sites is 1. The van der Waals surface area contributed by atoms with Gasteiger partial charge in [-0.1, -0.05) is 102 Å². The summed E-state index contributed by atoms with van der Waals surface area (Å²) in [7, 11) is 0. The number of carbonyl (C=O) groups is 1. The van der Waals surface area contributed by atoms with E-state index in [1.54, 1.807) is 0 Å². The number of unbranched alkanes of at least 4 members (excludes halogenated alkanes) is 12. The van der Waals surface area contributed by atoms with Crippen LogP contribution in [0.5, 0.6) is 5.75 Å². The highest BCUT2D eigenvalue weighted by Crippen LogP contribution is 2.13. The first-order valence-electron chi connectivity index (χ1n) is 18.7. The molecule has 0 amide bonds.